The maximum atomic E-state index is 5.71. The van der Waals surface area contributed by atoms with Crippen molar-refractivity contribution in [2.24, 2.45) is 17.6 Å². The van der Waals surface area contributed by atoms with E-state index in [-0.39, 0.29) is 6.10 Å². The van der Waals surface area contributed by atoms with Crippen LogP contribution in [0.1, 0.15) is 44.5 Å². The Bertz CT molecular complexity index is 422. The second kappa shape index (κ2) is 7.87. The van der Waals surface area contributed by atoms with Crippen molar-refractivity contribution in [3.8, 4) is 0 Å². The molecule has 1 fully saturated rings. The zero-order chi connectivity index (χ0) is 15.2. The van der Waals surface area contributed by atoms with Crippen molar-refractivity contribution in [2.75, 3.05) is 33.3 Å². The Hall–Kier alpha value is -0.980. The van der Waals surface area contributed by atoms with Gasteiger partial charge in [-0.1, -0.05) is 19.0 Å². The lowest BCUT2D eigenvalue weighted by Gasteiger charge is -2.27. The number of nitrogens with two attached hydrogens (primary N) is 1. The largest absolute Gasteiger partial charge is 0.367 e. The summed E-state index contributed by atoms with van der Waals surface area (Å²) in [5.41, 5.74) is 5.68. The maximum Gasteiger partial charge on any atom is 0.226 e. The van der Waals surface area contributed by atoms with Crippen molar-refractivity contribution in [2.45, 2.75) is 39.2 Å². The summed E-state index contributed by atoms with van der Waals surface area (Å²) in [6.07, 6.45) is 2.85. The number of hydrogen-bond donors (Lipinski definition) is 1. The summed E-state index contributed by atoms with van der Waals surface area (Å²) in [5.74, 6) is 2.63. The van der Waals surface area contributed by atoms with Gasteiger partial charge in [0.1, 0.15) is 6.10 Å². The molecule has 1 aliphatic heterocycles. The number of likely N-dealkylation sites (N-methyl/N-ethyl adjacent to an activating group) is 1. The number of aryl methyl sites for hydroxylation is 1. The highest BCUT2D eigenvalue weighted by atomic mass is 16.5. The van der Waals surface area contributed by atoms with Crippen molar-refractivity contribution in [3.05, 3.63) is 11.7 Å². The second-order valence-electron chi connectivity index (χ2n) is 6.29. The molecule has 0 saturated carbocycles. The SMILES string of the molecule is CC(C)C(CCN)CCc1nc(C2CN(C)CCO2)no1. The molecule has 2 atom stereocenters. The molecule has 0 radical (unpaired) electrons. The van der Waals surface area contributed by atoms with Crippen LogP contribution in [0.3, 0.4) is 0 Å². The molecule has 0 spiro atoms. The molecule has 0 aliphatic carbocycles. The average Bonchev–Trinajstić information content (AvgIpc) is 2.92. The van der Waals surface area contributed by atoms with Gasteiger partial charge in [-0.25, -0.2) is 0 Å². The van der Waals surface area contributed by atoms with Crippen LogP contribution in [0.25, 0.3) is 0 Å². The zero-order valence-electron chi connectivity index (χ0n) is 13.4. The first kappa shape index (κ1) is 16.4. The fourth-order valence-corrected chi connectivity index (χ4v) is 2.77. The van der Waals surface area contributed by atoms with Gasteiger partial charge in [-0.05, 0) is 38.3 Å². The third-order valence-electron chi connectivity index (χ3n) is 4.25. The summed E-state index contributed by atoms with van der Waals surface area (Å²) in [4.78, 5) is 6.72. The molecule has 120 valence electrons. The van der Waals surface area contributed by atoms with Crippen molar-refractivity contribution in [1.29, 1.82) is 0 Å². The molecule has 21 heavy (non-hydrogen) atoms. The third-order valence-corrected chi connectivity index (χ3v) is 4.25. The highest BCUT2D eigenvalue weighted by molar-refractivity contribution is 4.94. The van der Waals surface area contributed by atoms with Crippen LogP contribution in [0.4, 0.5) is 0 Å². The lowest BCUT2D eigenvalue weighted by Crippen LogP contribution is -2.35. The maximum absolute atomic E-state index is 5.71. The van der Waals surface area contributed by atoms with E-state index in [1.165, 1.54) is 0 Å². The Kier molecular flexibility index (Phi) is 6.14. The summed E-state index contributed by atoms with van der Waals surface area (Å²) in [6.45, 7) is 7.71. The van der Waals surface area contributed by atoms with E-state index in [9.17, 15) is 0 Å². The Morgan fingerprint density at radius 3 is 2.86 bits per heavy atom. The third kappa shape index (κ3) is 4.76. The summed E-state index contributed by atoms with van der Waals surface area (Å²) < 4.78 is 11.1. The fraction of sp³-hybridized carbons (Fsp3) is 0.867. The van der Waals surface area contributed by atoms with Crippen LogP contribution in [0, 0.1) is 11.8 Å². The van der Waals surface area contributed by atoms with E-state index in [4.69, 9.17) is 15.0 Å². The zero-order valence-corrected chi connectivity index (χ0v) is 13.4. The molecule has 6 nitrogen and oxygen atoms in total. The molecule has 1 aromatic rings. The van der Waals surface area contributed by atoms with Crippen LogP contribution in [0.5, 0.6) is 0 Å². The van der Waals surface area contributed by atoms with E-state index in [0.717, 1.165) is 45.5 Å². The van der Waals surface area contributed by atoms with Crippen molar-refractivity contribution < 1.29 is 9.26 Å². The van der Waals surface area contributed by atoms with Gasteiger partial charge < -0.3 is 19.9 Å². The van der Waals surface area contributed by atoms with E-state index >= 15 is 0 Å². The Morgan fingerprint density at radius 2 is 2.19 bits per heavy atom. The molecule has 2 heterocycles. The van der Waals surface area contributed by atoms with Crippen molar-refractivity contribution >= 4 is 0 Å². The van der Waals surface area contributed by atoms with E-state index in [1.807, 2.05) is 0 Å². The molecular weight excluding hydrogens is 268 g/mol. The topological polar surface area (TPSA) is 77.4 Å². The predicted octanol–water partition coefficient (Wildman–Crippen LogP) is 1.63. The van der Waals surface area contributed by atoms with Gasteiger partial charge in [0.25, 0.3) is 0 Å². The molecule has 2 N–H and O–H groups in total. The first-order valence-electron chi connectivity index (χ1n) is 7.92. The standard InChI is InChI=1S/C15H28N4O2/c1-11(2)12(6-7-16)4-5-14-17-15(18-21-14)13-10-19(3)8-9-20-13/h11-13H,4-10,16H2,1-3H3. The summed E-state index contributed by atoms with van der Waals surface area (Å²) in [7, 11) is 2.08. The molecular formula is C15H28N4O2. The molecule has 0 bridgehead atoms. The predicted molar refractivity (Wildman–Crippen MR) is 80.8 cm³/mol. The molecule has 6 heteroatoms. The van der Waals surface area contributed by atoms with Crippen LogP contribution in [0.2, 0.25) is 0 Å². The monoisotopic (exact) mass is 296 g/mol. The summed E-state index contributed by atoms with van der Waals surface area (Å²) in [5, 5.41) is 4.08. The molecule has 1 saturated heterocycles. The van der Waals surface area contributed by atoms with Crippen LogP contribution in [-0.2, 0) is 11.2 Å². The highest BCUT2D eigenvalue weighted by Crippen LogP contribution is 2.22. The highest BCUT2D eigenvalue weighted by Gasteiger charge is 2.24. The van der Waals surface area contributed by atoms with Gasteiger partial charge in [-0.3, -0.25) is 0 Å². The summed E-state index contributed by atoms with van der Waals surface area (Å²) >= 11 is 0. The number of morpholine rings is 1. The minimum absolute atomic E-state index is 0.0637. The average molecular weight is 296 g/mol. The van der Waals surface area contributed by atoms with Crippen LogP contribution in [-0.4, -0.2) is 48.3 Å². The lowest BCUT2D eigenvalue weighted by molar-refractivity contribution is -0.0264. The van der Waals surface area contributed by atoms with Gasteiger partial charge in [0.05, 0.1) is 6.61 Å². The summed E-state index contributed by atoms with van der Waals surface area (Å²) in [6, 6.07) is 0. The fourth-order valence-electron chi connectivity index (χ4n) is 2.77. The Morgan fingerprint density at radius 1 is 1.38 bits per heavy atom. The first-order valence-corrected chi connectivity index (χ1v) is 7.92. The number of nitrogens with zero attached hydrogens (tertiary/aromatic N) is 3. The number of ether oxygens (including phenoxy) is 1. The van der Waals surface area contributed by atoms with E-state index in [0.29, 0.717) is 23.6 Å². The Balaban J connectivity index is 1.87. The second-order valence-corrected chi connectivity index (χ2v) is 6.29. The normalized spacial score (nSPS) is 21.9. The smallest absolute Gasteiger partial charge is 0.226 e. The van der Waals surface area contributed by atoms with E-state index in [1.54, 1.807) is 0 Å². The van der Waals surface area contributed by atoms with Crippen molar-refractivity contribution in [1.82, 2.24) is 15.0 Å². The minimum Gasteiger partial charge on any atom is -0.367 e. The van der Waals surface area contributed by atoms with E-state index in [2.05, 4.69) is 35.9 Å². The van der Waals surface area contributed by atoms with Crippen LogP contribution in [0.15, 0.2) is 4.52 Å². The molecule has 1 aliphatic rings. The van der Waals surface area contributed by atoms with E-state index < -0.39 is 0 Å². The van der Waals surface area contributed by atoms with Gasteiger partial charge in [-0.2, -0.15) is 4.98 Å². The van der Waals surface area contributed by atoms with Gasteiger partial charge in [0.15, 0.2) is 0 Å². The molecule has 1 aromatic heterocycles. The molecule has 2 unspecified atom stereocenters. The van der Waals surface area contributed by atoms with Gasteiger partial charge in [0.2, 0.25) is 11.7 Å². The molecule has 0 aromatic carbocycles. The van der Waals surface area contributed by atoms with Crippen molar-refractivity contribution in [3.63, 3.8) is 0 Å². The van der Waals surface area contributed by atoms with Gasteiger partial charge in [-0.15, -0.1) is 0 Å². The number of aromatic nitrogens is 2. The number of rotatable bonds is 7. The quantitative estimate of drug-likeness (QED) is 0.824. The Labute approximate surface area is 127 Å². The first-order chi connectivity index (χ1) is 10.1. The molecule has 2 rings (SSSR count). The van der Waals surface area contributed by atoms with Crippen LogP contribution >= 0.6 is 0 Å². The lowest BCUT2D eigenvalue weighted by atomic mass is 9.88. The minimum atomic E-state index is -0.0637. The van der Waals surface area contributed by atoms with Crippen LogP contribution < -0.4 is 5.73 Å². The number of hydrogen-bond acceptors (Lipinski definition) is 6. The molecule has 0 amide bonds. The van der Waals surface area contributed by atoms with Gasteiger partial charge >= 0.3 is 0 Å². The van der Waals surface area contributed by atoms with Gasteiger partial charge in [0, 0.05) is 19.5 Å².